The second kappa shape index (κ2) is 6.98. The molecule has 0 saturated carbocycles. The number of nitrogens with two attached hydrogens (primary N) is 1. The van der Waals surface area contributed by atoms with Crippen LogP contribution in [-0.4, -0.2) is 38.8 Å². The summed E-state index contributed by atoms with van der Waals surface area (Å²) in [5, 5.41) is 3.91. The minimum absolute atomic E-state index is 0.0747. The molecule has 122 valence electrons. The third-order valence-corrected chi connectivity index (χ3v) is 2.49. The minimum Gasteiger partial charge on any atom is -0.493 e. The van der Waals surface area contributed by atoms with Crippen LogP contribution in [0.15, 0.2) is 12.1 Å². The summed E-state index contributed by atoms with van der Waals surface area (Å²) in [5.74, 6) is -2.62. The quantitative estimate of drug-likeness (QED) is 0.754. The molecule has 10 heteroatoms. The van der Waals surface area contributed by atoms with Crippen molar-refractivity contribution in [2.24, 2.45) is 5.73 Å². The van der Waals surface area contributed by atoms with E-state index in [1.165, 1.54) is 20.3 Å². The number of hydrogen-bond acceptors (Lipinski definition) is 5. The monoisotopic (exact) mass is 321 g/mol. The maximum atomic E-state index is 12.3. The molecule has 0 bridgehead atoms. The number of carbonyl (C=O) groups excluding carboxylic acids is 2. The van der Waals surface area contributed by atoms with Crippen molar-refractivity contribution >= 4 is 23.2 Å². The van der Waals surface area contributed by atoms with Gasteiger partial charge in [-0.25, -0.2) is 0 Å². The van der Waals surface area contributed by atoms with Crippen LogP contribution in [0.25, 0.3) is 0 Å². The molecule has 1 aromatic rings. The number of halogens is 3. The smallest absolute Gasteiger partial charge is 0.471 e. The third-order valence-electron chi connectivity index (χ3n) is 2.49. The fraction of sp³-hybridized carbons (Fsp3) is 0.333. The molecule has 0 heterocycles. The van der Waals surface area contributed by atoms with Crippen LogP contribution in [0.2, 0.25) is 0 Å². The Morgan fingerprint density at radius 2 is 1.55 bits per heavy atom. The number of nitrogens with one attached hydrogen (secondary N) is 2. The van der Waals surface area contributed by atoms with Crippen LogP contribution < -0.4 is 25.8 Å². The number of carbonyl (C=O) groups is 2. The molecule has 0 aliphatic heterocycles. The van der Waals surface area contributed by atoms with E-state index in [1.807, 2.05) is 0 Å². The van der Waals surface area contributed by atoms with E-state index >= 15 is 0 Å². The first kappa shape index (κ1) is 17.6. The van der Waals surface area contributed by atoms with Crippen molar-refractivity contribution in [2.75, 3.05) is 31.4 Å². The Labute approximate surface area is 123 Å². The normalized spacial score (nSPS) is 10.8. The Bertz CT molecular complexity index is 575. The van der Waals surface area contributed by atoms with Gasteiger partial charge in [0.25, 0.3) is 0 Å². The van der Waals surface area contributed by atoms with Gasteiger partial charge in [0.1, 0.15) is 0 Å². The molecule has 1 rings (SSSR count). The fourth-order valence-electron chi connectivity index (χ4n) is 1.48. The molecule has 0 saturated heterocycles. The van der Waals surface area contributed by atoms with Crippen molar-refractivity contribution in [3.8, 4) is 11.5 Å². The summed E-state index contributed by atoms with van der Waals surface area (Å²) in [7, 11) is 2.58. The van der Waals surface area contributed by atoms with Crippen LogP contribution in [0.5, 0.6) is 11.5 Å². The van der Waals surface area contributed by atoms with Crippen molar-refractivity contribution in [2.45, 2.75) is 6.18 Å². The van der Waals surface area contributed by atoms with Gasteiger partial charge in [0, 0.05) is 12.1 Å². The highest BCUT2D eigenvalue weighted by atomic mass is 19.4. The largest absolute Gasteiger partial charge is 0.493 e. The highest BCUT2D eigenvalue weighted by Crippen LogP contribution is 2.37. The summed E-state index contributed by atoms with van der Waals surface area (Å²) in [6, 6.07) is 2.30. The lowest BCUT2D eigenvalue weighted by atomic mass is 10.2. The van der Waals surface area contributed by atoms with Crippen LogP contribution >= 0.6 is 0 Å². The molecule has 0 spiro atoms. The summed E-state index contributed by atoms with van der Waals surface area (Å²) in [6.45, 7) is -0.388. The van der Waals surface area contributed by atoms with E-state index in [9.17, 15) is 22.8 Å². The standard InChI is InChI=1S/C12H14F3N3O4/c1-21-8-3-6(17-10(19)5-16)7(4-9(8)22-2)18-11(20)12(13,14)15/h3-4H,5,16H2,1-2H3,(H,17,19)(H,18,20). The molecule has 0 aliphatic rings. The lowest BCUT2D eigenvalue weighted by molar-refractivity contribution is -0.167. The first-order chi connectivity index (χ1) is 10.2. The Kier molecular flexibility index (Phi) is 5.57. The number of benzene rings is 1. The summed E-state index contributed by atoms with van der Waals surface area (Å²) < 4.78 is 47.0. The molecule has 0 fully saturated rings. The molecular formula is C12H14F3N3O4. The van der Waals surface area contributed by atoms with E-state index in [0.717, 1.165) is 6.07 Å². The predicted octanol–water partition coefficient (Wildman–Crippen LogP) is 1.10. The number of hydrogen-bond donors (Lipinski definition) is 3. The van der Waals surface area contributed by atoms with Gasteiger partial charge in [-0.1, -0.05) is 0 Å². The van der Waals surface area contributed by atoms with Gasteiger partial charge in [-0.3, -0.25) is 9.59 Å². The Morgan fingerprint density at radius 1 is 1.09 bits per heavy atom. The maximum Gasteiger partial charge on any atom is 0.471 e. The molecule has 22 heavy (non-hydrogen) atoms. The van der Waals surface area contributed by atoms with Crippen LogP contribution in [0.1, 0.15) is 0 Å². The first-order valence-corrected chi connectivity index (χ1v) is 5.87. The molecule has 0 radical (unpaired) electrons. The molecule has 4 N–H and O–H groups in total. The van der Waals surface area contributed by atoms with E-state index in [4.69, 9.17) is 15.2 Å². The third kappa shape index (κ3) is 4.25. The zero-order valence-electron chi connectivity index (χ0n) is 11.7. The molecule has 7 nitrogen and oxygen atoms in total. The first-order valence-electron chi connectivity index (χ1n) is 5.87. The fourth-order valence-corrected chi connectivity index (χ4v) is 1.48. The van der Waals surface area contributed by atoms with Crippen LogP contribution in [0.4, 0.5) is 24.5 Å². The zero-order valence-corrected chi connectivity index (χ0v) is 11.7. The zero-order chi connectivity index (χ0) is 16.9. The van der Waals surface area contributed by atoms with E-state index in [-0.39, 0.29) is 29.4 Å². The van der Waals surface area contributed by atoms with E-state index in [0.29, 0.717) is 0 Å². The van der Waals surface area contributed by atoms with Gasteiger partial charge >= 0.3 is 12.1 Å². The topological polar surface area (TPSA) is 103 Å². The molecule has 0 aromatic heterocycles. The predicted molar refractivity (Wildman–Crippen MR) is 71.9 cm³/mol. The van der Waals surface area contributed by atoms with Gasteiger partial charge < -0.3 is 25.8 Å². The van der Waals surface area contributed by atoms with Crippen molar-refractivity contribution in [3.05, 3.63) is 12.1 Å². The van der Waals surface area contributed by atoms with Crippen molar-refractivity contribution < 1.29 is 32.2 Å². The van der Waals surface area contributed by atoms with Gasteiger partial charge in [-0.05, 0) is 0 Å². The minimum atomic E-state index is -5.08. The molecule has 0 aliphatic carbocycles. The van der Waals surface area contributed by atoms with Gasteiger partial charge in [0.15, 0.2) is 11.5 Å². The van der Waals surface area contributed by atoms with Crippen LogP contribution in [-0.2, 0) is 9.59 Å². The van der Waals surface area contributed by atoms with Crippen LogP contribution in [0, 0.1) is 0 Å². The Balaban J connectivity index is 3.26. The van der Waals surface area contributed by atoms with Gasteiger partial charge in [-0.2, -0.15) is 13.2 Å². The van der Waals surface area contributed by atoms with E-state index in [2.05, 4.69) is 5.32 Å². The molecule has 0 unspecified atom stereocenters. The highest BCUT2D eigenvalue weighted by molar-refractivity contribution is 6.02. The van der Waals surface area contributed by atoms with Gasteiger partial charge in [0.2, 0.25) is 5.91 Å². The lowest BCUT2D eigenvalue weighted by Gasteiger charge is -2.16. The number of anilines is 2. The average Bonchev–Trinajstić information content (AvgIpc) is 2.46. The van der Waals surface area contributed by atoms with E-state index < -0.39 is 18.0 Å². The lowest BCUT2D eigenvalue weighted by Crippen LogP contribution is -2.30. The number of alkyl halides is 3. The van der Waals surface area contributed by atoms with Crippen molar-refractivity contribution in [1.29, 1.82) is 0 Å². The summed E-state index contributed by atoms with van der Waals surface area (Å²) in [4.78, 5) is 22.4. The summed E-state index contributed by atoms with van der Waals surface area (Å²) >= 11 is 0. The second-order valence-corrected chi connectivity index (χ2v) is 3.96. The summed E-state index contributed by atoms with van der Waals surface area (Å²) in [5.41, 5.74) is 4.72. The van der Waals surface area contributed by atoms with Crippen molar-refractivity contribution in [1.82, 2.24) is 0 Å². The molecule has 0 atom stereocenters. The van der Waals surface area contributed by atoms with E-state index in [1.54, 1.807) is 5.32 Å². The van der Waals surface area contributed by atoms with Crippen LogP contribution in [0.3, 0.4) is 0 Å². The SMILES string of the molecule is COc1cc(NC(=O)CN)c(NC(=O)C(F)(F)F)cc1OC. The van der Waals surface area contributed by atoms with Gasteiger partial charge in [0.05, 0.1) is 32.1 Å². The number of ether oxygens (including phenoxy) is 2. The second-order valence-electron chi connectivity index (χ2n) is 3.96. The molecule has 1 aromatic carbocycles. The Morgan fingerprint density at radius 3 is 1.91 bits per heavy atom. The van der Waals surface area contributed by atoms with Crippen molar-refractivity contribution in [3.63, 3.8) is 0 Å². The van der Waals surface area contributed by atoms with Gasteiger partial charge in [-0.15, -0.1) is 0 Å². The molecule has 2 amide bonds. The number of amides is 2. The average molecular weight is 321 g/mol. The Hall–Kier alpha value is -2.49. The number of methoxy groups -OCH3 is 2. The molecular weight excluding hydrogens is 307 g/mol. The summed E-state index contributed by atoms with van der Waals surface area (Å²) in [6.07, 6.45) is -5.08. The highest BCUT2D eigenvalue weighted by Gasteiger charge is 2.39. The maximum absolute atomic E-state index is 12.3. The number of rotatable bonds is 5.